The molecule has 0 aliphatic heterocycles. The molecule has 0 aromatic carbocycles. The summed E-state index contributed by atoms with van der Waals surface area (Å²) in [6.07, 6.45) is 0.712. The van der Waals surface area contributed by atoms with E-state index in [2.05, 4.69) is 17.2 Å². The first-order valence-corrected chi connectivity index (χ1v) is 4.68. The smallest absolute Gasteiger partial charge is 0.207 e. The van der Waals surface area contributed by atoms with E-state index in [1.165, 1.54) is 0 Å². The Morgan fingerprint density at radius 2 is 1.85 bits per heavy atom. The van der Waals surface area contributed by atoms with E-state index in [9.17, 15) is 4.79 Å². The van der Waals surface area contributed by atoms with E-state index in [-0.39, 0.29) is 11.5 Å². The molecular weight excluding hydrogens is 162 g/mol. The number of carbonyl (C=O) groups is 1. The molecule has 0 spiro atoms. The third-order valence-electron chi connectivity index (χ3n) is 1.85. The summed E-state index contributed by atoms with van der Waals surface area (Å²) < 4.78 is 0. The van der Waals surface area contributed by atoms with Crippen LogP contribution in [0.5, 0.6) is 0 Å². The maximum Gasteiger partial charge on any atom is 0.207 e. The van der Waals surface area contributed by atoms with E-state index in [0.29, 0.717) is 6.41 Å². The molecule has 0 aromatic rings. The molecule has 0 aromatic heterocycles. The maximum atomic E-state index is 10.1. The molecule has 0 saturated heterocycles. The van der Waals surface area contributed by atoms with Crippen molar-refractivity contribution in [2.45, 2.75) is 47.6 Å². The van der Waals surface area contributed by atoms with Gasteiger partial charge in [0.05, 0.1) is 0 Å². The van der Waals surface area contributed by atoms with Crippen LogP contribution in [-0.4, -0.2) is 12.5 Å². The predicted octanol–water partition coefficient (Wildman–Crippen LogP) is 2.20. The van der Waals surface area contributed by atoms with Gasteiger partial charge >= 0.3 is 0 Å². The normalized spacial score (nSPS) is 11.2. The van der Waals surface area contributed by atoms with Gasteiger partial charge in [-0.15, -0.1) is 5.92 Å². The summed E-state index contributed by atoms with van der Waals surface area (Å²) in [5.74, 6) is 5.88. The highest BCUT2D eigenvalue weighted by Gasteiger charge is 2.22. The third-order valence-corrected chi connectivity index (χ3v) is 1.85. The molecule has 0 radical (unpaired) electrons. The molecular formula is C11H21NO. The molecule has 0 saturated carbocycles. The number of hydrogen-bond acceptors (Lipinski definition) is 1. The molecule has 1 N–H and O–H groups in total. The molecule has 0 bridgehead atoms. The Labute approximate surface area is 82.1 Å². The highest BCUT2D eigenvalue weighted by Crippen LogP contribution is 2.18. The largest absolute Gasteiger partial charge is 0.355 e. The van der Waals surface area contributed by atoms with Crippen molar-refractivity contribution >= 4 is 6.41 Å². The summed E-state index contributed by atoms with van der Waals surface area (Å²) in [4.78, 5) is 10.1. The Kier molecular flexibility index (Phi) is 8.58. The number of hydrogen-bond donors (Lipinski definition) is 1. The van der Waals surface area contributed by atoms with Crippen LogP contribution in [0.4, 0.5) is 0 Å². The first-order chi connectivity index (χ1) is 6.04. The molecule has 0 aliphatic rings. The van der Waals surface area contributed by atoms with E-state index >= 15 is 0 Å². The van der Waals surface area contributed by atoms with E-state index in [1.807, 2.05) is 34.6 Å². The first-order valence-electron chi connectivity index (χ1n) is 4.68. The fourth-order valence-corrected chi connectivity index (χ4v) is 0.741. The number of rotatable bonds is 3. The van der Waals surface area contributed by atoms with Crippen molar-refractivity contribution in [3.8, 4) is 11.8 Å². The van der Waals surface area contributed by atoms with Crippen LogP contribution in [0.15, 0.2) is 0 Å². The van der Waals surface area contributed by atoms with E-state index in [1.54, 1.807) is 6.92 Å². The summed E-state index contributed by atoms with van der Waals surface area (Å²) in [5.41, 5.74) is -0.143. The van der Waals surface area contributed by atoms with Gasteiger partial charge in [-0.3, -0.25) is 4.79 Å². The van der Waals surface area contributed by atoms with Crippen LogP contribution in [0.1, 0.15) is 41.5 Å². The average molecular weight is 183 g/mol. The summed E-state index contributed by atoms with van der Waals surface area (Å²) >= 11 is 0. The van der Waals surface area contributed by atoms with Crippen molar-refractivity contribution < 1.29 is 4.79 Å². The van der Waals surface area contributed by atoms with Crippen LogP contribution < -0.4 is 5.32 Å². The van der Waals surface area contributed by atoms with Crippen LogP contribution in [0, 0.1) is 17.3 Å². The number of carbonyl (C=O) groups excluding carboxylic acids is 1. The van der Waals surface area contributed by atoms with Crippen molar-refractivity contribution in [2.24, 2.45) is 5.41 Å². The maximum absolute atomic E-state index is 10.1. The highest BCUT2D eigenvalue weighted by molar-refractivity contribution is 5.47. The molecule has 0 rings (SSSR count). The van der Waals surface area contributed by atoms with E-state index in [4.69, 9.17) is 0 Å². The third kappa shape index (κ3) is 6.21. The van der Waals surface area contributed by atoms with Gasteiger partial charge in [0.25, 0.3) is 0 Å². The van der Waals surface area contributed by atoms with Crippen molar-refractivity contribution in [3.63, 3.8) is 0 Å². The Morgan fingerprint density at radius 1 is 1.38 bits per heavy atom. The Balaban J connectivity index is 0. The topological polar surface area (TPSA) is 29.1 Å². The lowest BCUT2D eigenvalue weighted by Crippen LogP contribution is -2.37. The molecule has 0 heterocycles. The molecule has 1 unspecified atom stereocenters. The monoisotopic (exact) mass is 183 g/mol. The standard InChI is InChI=1S/C9H15NO.C2H6/c1-5-6-9(3,4)8(2)10-7-11;1-2/h7-8H,1-4H3,(H,10,11);1-2H3. The summed E-state index contributed by atoms with van der Waals surface area (Å²) in [5, 5.41) is 2.69. The van der Waals surface area contributed by atoms with Crippen LogP contribution in [0.2, 0.25) is 0 Å². The van der Waals surface area contributed by atoms with Crippen molar-refractivity contribution in [3.05, 3.63) is 0 Å². The second kappa shape index (κ2) is 7.67. The van der Waals surface area contributed by atoms with Crippen molar-refractivity contribution in [1.82, 2.24) is 5.32 Å². The molecule has 2 heteroatoms. The average Bonchev–Trinajstić information content (AvgIpc) is 2.08. The van der Waals surface area contributed by atoms with Gasteiger partial charge in [0, 0.05) is 11.5 Å². The lowest BCUT2D eigenvalue weighted by Gasteiger charge is -2.25. The van der Waals surface area contributed by atoms with Crippen molar-refractivity contribution in [1.29, 1.82) is 0 Å². The molecule has 1 amide bonds. The minimum atomic E-state index is -0.143. The molecule has 13 heavy (non-hydrogen) atoms. The van der Waals surface area contributed by atoms with E-state index < -0.39 is 0 Å². The van der Waals surface area contributed by atoms with Gasteiger partial charge in [0.1, 0.15) is 0 Å². The van der Waals surface area contributed by atoms with Gasteiger partial charge in [0.2, 0.25) is 6.41 Å². The summed E-state index contributed by atoms with van der Waals surface area (Å²) in [6, 6.07) is 0.0902. The SMILES string of the molecule is CC.CC#CC(C)(C)C(C)NC=O. The number of amides is 1. The van der Waals surface area contributed by atoms with Gasteiger partial charge in [-0.25, -0.2) is 0 Å². The second-order valence-electron chi connectivity index (χ2n) is 3.10. The molecule has 2 nitrogen and oxygen atoms in total. The molecule has 76 valence electrons. The molecule has 0 fully saturated rings. The first kappa shape index (κ1) is 14.5. The molecule has 1 atom stereocenters. The van der Waals surface area contributed by atoms with Gasteiger partial charge in [-0.2, -0.15) is 0 Å². The second-order valence-corrected chi connectivity index (χ2v) is 3.10. The quantitative estimate of drug-likeness (QED) is 0.527. The van der Waals surface area contributed by atoms with Gasteiger partial charge < -0.3 is 5.32 Å². The zero-order valence-electron chi connectivity index (χ0n) is 9.56. The lowest BCUT2D eigenvalue weighted by atomic mass is 9.86. The zero-order chi connectivity index (χ0) is 10.9. The molecule has 0 aliphatic carbocycles. The minimum absolute atomic E-state index is 0.0902. The summed E-state index contributed by atoms with van der Waals surface area (Å²) in [6.45, 7) is 11.8. The van der Waals surface area contributed by atoms with Crippen LogP contribution in [0.25, 0.3) is 0 Å². The Morgan fingerprint density at radius 3 is 2.15 bits per heavy atom. The van der Waals surface area contributed by atoms with Gasteiger partial charge in [-0.1, -0.05) is 19.8 Å². The minimum Gasteiger partial charge on any atom is -0.355 e. The Hall–Kier alpha value is -0.970. The Bertz CT molecular complexity index is 186. The highest BCUT2D eigenvalue weighted by atomic mass is 16.1. The number of nitrogens with one attached hydrogen (secondary N) is 1. The van der Waals surface area contributed by atoms with Crippen LogP contribution >= 0.6 is 0 Å². The fraction of sp³-hybridized carbons (Fsp3) is 0.727. The van der Waals surface area contributed by atoms with Crippen LogP contribution in [0.3, 0.4) is 0 Å². The van der Waals surface area contributed by atoms with Gasteiger partial charge in [-0.05, 0) is 27.7 Å². The zero-order valence-corrected chi connectivity index (χ0v) is 9.56. The summed E-state index contributed by atoms with van der Waals surface area (Å²) in [7, 11) is 0. The van der Waals surface area contributed by atoms with Crippen LogP contribution in [-0.2, 0) is 4.79 Å². The fourth-order valence-electron chi connectivity index (χ4n) is 0.741. The van der Waals surface area contributed by atoms with E-state index in [0.717, 1.165) is 0 Å². The van der Waals surface area contributed by atoms with Gasteiger partial charge in [0.15, 0.2) is 0 Å². The predicted molar refractivity (Wildman–Crippen MR) is 57.2 cm³/mol. The van der Waals surface area contributed by atoms with Crippen molar-refractivity contribution in [2.75, 3.05) is 0 Å². The lowest BCUT2D eigenvalue weighted by molar-refractivity contribution is -0.110.